The number of fused-ring (bicyclic) bond motifs is 1. The summed E-state index contributed by atoms with van der Waals surface area (Å²) in [6, 6.07) is 6.04. The molecule has 0 saturated heterocycles. The monoisotopic (exact) mass is 219 g/mol. The van der Waals surface area contributed by atoms with E-state index in [0.717, 1.165) is 31.5 Å². The summed E-state index contributed by atoms with van der Waals surface area (Å²) in [5.74, 6) is -0.761. The van der Waals surface area contributed by atoms with E-state index < -0.39 is 5.97 Å². The van der Waals surface area contributed by atoms with Crippen molar-refractivity contribution in [3.8, 4) is 0 Å². The van der Waals surface area contributed by atoms with Crippen molar-refractivity contribution in [2.45, 2.75) is 26.2 Å². The van der Waals surface area contributed by atoms with Gasteiger partial charge in [-0.3, -0.25) is 4.79 Å². The SMILES string of the molecule is CCCN1CCc2cc(CC(=O)O)ccc21. The van der Waals surface area contributed by atoms with Crippen LogP contribution in [0.3, 0.4) is 0 Å². The summed E-state index contributed by atoms with van der Waals surface area (Å²) < 4.78 is 0. The van der Waals surface area contributed by atoms with Crippen LogP contribution >= 0.6 is 0 Å². The van der Waals surface area contributed by atoms with Crippen molar-refractivity contribution in [2.75, 3.05) is 18.0 Å². The van der Waals surface area contributed by atoms with Crippen LogP contribution in [0.2, 0.25) is 0 Å². The van der Waals surface area contributed by atoms with E-state index in [4.69, 9.17) is 5.11 Å². The summed E-state index contributed by atoms with van der Waals surface area (Å²) >= 11 is 0. The van der Waals surface area contributed by atoms with Crippen LogP contribution in [0.15, 0.2) is 18.2 Å². The van der Waals surface area contributed by atoms with Crippen LogP contribution in [0.4, 0.5) is 5.69 Å². The van der Waals surface area contributed by atoms with Gasteiger partial charge in [0.05, 0.1) is 6.42 Å². The van der Waals surface area contributed by atoms with Crippen molar-refractivity contribution >= 4 is 11.7 Å². The van der Waals surface area contributed by atoms with E-state index in [2.05, 4.69) is 17.9 Å². The quantitative estimate of drug-likeness (QED) is 0.843. The van der Waals surface area contributed by atoms with Crippen LogP contribution < -0.4 is 4.90 Å². The van der Waals surface area contributed by atoms with E-state index in [1.165, 1.54) is 11.3 Å². The van der Waals surface area contributed by atoms with Crippen molar-refractivity contribution in [3.05, 3.63) is 29.3 Å². The molecule has 0 unspecified atom stereocenters. The lowest BCUT2D eigenvalue weighted by Crippen LogP contribution is -2.20. The fourth-order valence-corrected chi connectivity index (χ4v) is 2.31. The van der Waals surface area contributed by atoms with Gasteiger partial charge in [0, 0.05) is 18.8 Å². The van der Waals surface area contributed by atoms with Gasteiger partial charge in [-0.25, -0.2) is 0 Å². The molecule has 0 fully saturated rings. The first-order chi connectivity index (χ1) is 7.70. The Hall–Kier alpha value is -1.51. The summed E-state index contributed by atoms with van der Waals surface area (Å²) in [6.45, 7) is 4.34. The molecule has 0 aromatic heterocycles. The second kappa shape index (κ2) is 4.56. The normalized spacial score (nSPS) is 13.9. The fourth-order valence-electron chi connectivity index (χ4n) is 2.31. The molecule has 0 spiro atoms. The number of rotatable bonds is 4. The van der Waals surface area contributed by atoms with Gasteiger partial charge in [0.1, 0.15) is 0 Å². The maximum absolute atomic E-state index is 10.6. The highest BCUT2D eigenvalue weighted by Gasteiger charge is 2.18. The summed E-state index contributed by atoms with van der Waals surface area (Å²) in [7, 11) is 0. The average Bonchev–Trinajstić information content (AvgIpc) is 2.61. The number of anilines is 1. The molecule has 2 rings (SSSR count). The smallest absolute Gasteiger partial charge is 0.307 e. The van der Waals surface area contributed by atoms with Gasteiger partial charge in [-0.2, -0.15) is 0 Å². The molecule has 0 aliphatic carbocycles. The molecule has 1 aromatic carbocycles. The highest BCUT2D eigenvalue weighted by atomic mass is 16.4. The molecule has 1 N–H and O–H groups in total. The lowest BCUT2D eigenvalue weighted by molar-refractivity contribution is -0.136. The van der Waals surface area contributed by atoms with E-state index in [-0.39, 0.29) is 6.42 Å². The lowest BCUT2D eigenvalue weighted by Gasteiger charge is -2.18. The molecule has 0 atom stereocenters. The highest BCUT2D eigenvalue weighted by Crippen LogP contribution is 2.28. The highest BCUT2D eigenvalue weighted by molar-refractivity contribution is 5.71. The number of carboxylic acids is 1. The first-order valence-corrected chi connectivity index (χ1v) is 5.79. The third-order valence-electron chi connectivity index (χ3n) is 2.98. The molecule has 1 aromatic rings. The Morgan fingerprint density at radius 1 is 1.50 bits per heavy atom. The molecule has 3 heteroatoms. The van der Waals surface area contributed by atoms with E-state index in [1.807, 2.05) is 12.1 Å². The van der Waals surface area contributed by atoms with Crippen molar-refractivity contribution in [2.24, 2.45) is 0 Å². The zero-order chi connectivity index (χ0) is 11.5. The minimum Gasteiger partial charge on any atom is -0.481 e. The number of hydrogen-bond acceptors (Lipinski definition) is 2. The largest absolute Gasteiger partial charge is 0.481 e. The van der Waals surface area contributed by atoms with Crippen LogP contribution in [-0.4, -0.2) is 24.2 Å². The number of hydrogen-bond donors (Lipinski definition) is 1. The van der Waals surface area contributed by atoms with Crippen LogP contribution in [0.5, 0.6) is 0 Å². The van der Waals surface area contributed by atoms with Crippen LogP contribution in [-0.2, 0) is 17.6 Å². The molecule has 16 heavy (non-hydrogen) atoms. The minimum absolute atomic E-state index is 0.126. The first-order valence-electron chi connectivity index (χ1n) is 5.79. The second-order valence-electron chi connectivity index (χ2n) is 4.27. The Morgan fingerprint density at radius 3 is 3.00 bits per heavy atom. The van der Waals surface area contributed by atoms with Crippen molar-refractivity contribution < 1.29 is 9.90 Å². The standard InChI is InChI=1S/C13H17NO2/c1-2-6-14-7-5-11-8-10(9-13(15)16)3-4-12(11)14/h3-4,8H,2,5-7,9H2,1H3,(H,15,16). The fraction of sp³-hybridized carbons (Fsp3) is 0.462. The average molecular weight is 219 g/mol. The molecule has 1 aliphatic rings. The summed E-state index contributed by atoms with van der Waals surface area (Å²) in [5, 5.41) is 8.74. The van der Waals surface area contributed by atoms with Gasteiger partial charge in [-0.1, -0.05) is 19.1 Å². The van der Waals surface area contributed by atoms with E-state index >= 15 is 0 Å². The van der Waals surface area contributed by atoms with Crippen molar-refractivity contribution in [1.82, 2.24) is 0 Å². The maximum atomic E-state index is 10.6. The molecule has 3 nitrogen and oxygen atoms in total. The predicted octanol–water partition coefficient (Wildman–Crippen LogP) is 2.09. The van der Waals surface area contributed by atoms with Crippen molar-refractivity contribution in [1.29, 1.82) is 0 Å². The van der Waals surface area contributed by atoms with E-state index in [0.29, 0.717) is 0 Å². The number of carbonyl (C=O) groups is 1. The first kappa shape index (κ1) is 11.0. The van der Waals surface area contributed by atoms with Gasteiger partial charge in [0.2, 0.25) is 0 Å². The molecule has 1 aliphatic heterocycles. The Labute approximate surface area is 95.7 Å². The molecular formula is C13H17NO2. The molecule has 86 valence electrons. The van der Waals surface area contributed by atoms with Gasteiger partial charge >= 0.3 is 5.97 Å². The Morgan fingerprint density at radius 2 is 2.31 bits per heavy atom. The number of nitrogens with zero attached hydrogens (tertiary/aromatic N) is 1. The summed E-state index contributed by atoms with van der Waals surface area (Å²) in [5.41, 5.74) is 3.49. The molecule has 0 bridgehead atoms. The van der Waals surface area contributed by atoms with Crippen LogP contribution in [0.25, 0.3) is 0 Å². The van der Waals surface area contributed by atoms with Gasteiger partial charge in [0.15, 0.2) is 0 Å². The van der Waals surface area contributed by atoms with Crippen LogP contribution in [0, 0.1) is 0 Å². The predicted molar refractivity (Wildman–Crippen MR) is 64.0 cm³/mol. The Balaban J connectivity index is 2.18. The van der Waals surface area contributed by atoms with E-state index in [1.54, 1.807) is 0 Å². The molecule has 0 saturated carbocycles. The van der Waals surface area contributed by atoms with Gasteiger partial charge in [-0.15, -0.1) is 0 Å². The summed E-state index contributed by atoms with van der Waals surface area (Å²) in [4.78, 5) is 13.0. The van der Waals surface area contributed by atoms with E-state index in [9.17, 15) is 4.79 Å². The Kier molecular flexibility index (Phi) is 3.13. The lowest BCUT2D eigenvalue weighted by atomic mass is 10.1. The topological polar surface area (TPSA) is 40.5 Å². The number of aliphatic carboxylic acids is 1. The van der Waals surface area contributed by atoms with Crippen LogP contribution in [0.1, 0.15) is 24.5 Å². The number of benzene rings is 1. The number of carboxylic acid groups (broad SMARTS) is 1. The third-order valence-corrected chi connectivity index (χ3v) is 2.98. The Bertz CT molecular complexity index is 401. The minimum atomic E-state index is -0.761. The maximum Gasteiger partial charge on any atom is 0.307 e. The second-order valence-corrected chi connectivity index (χ2v) is 4.27. The van der Waals surface area contributed by atoms with Crippen molar-refractivity contribution in [3.63, 3.8) is 0 Å². The van der Waals surface area contributed by atoms with Gasteiger partial charge in [0.25, 0.3) is 0 Å². The summed E-state index contributed by atoms with van der Waals surface area (Å²) in [6.07, 6.45) is 2.32. The van der Waals surface area contributed by atoms with Gasteiger partial charge < -0.3 is 10.0 Å². The van der Waals surface area contributed by atoms with Gasteiger partial charge in [-0.05, 0) is 30.0 Å². The molecule has 0 amide bonds. The molecule has 0 radical (unpaired) electrons. The molecule has 1 heterocycles. The molecular weight excluding hydrogens is 202 g/mol. The third kappa shape index (κ3) is 2.18. The zero-order valence-corrected chi connectivity index (χ0v) is 9.57. The zero-order valence-electron chi connectivity index (χ0n) is 9.57.